The maximum absolute atomic E-state index is 12.6. The molecule has 1 aliphatic heterocycles. The maximum atomic E-state index is 12.6. The molecule has 6 nitrogen and oxygen atoms in total. The molecule has 7 heteroatoms. The van der Waals surface area contributed by atoms with E-state index in [0.717, 1.165) is 9.60 Å². The lowest BCUT2D eigenvalue weighted by Crippen LogP contribution is -2.39. The SMILES string of the molecule is CC(/C(O)=C(\C#N)c1nc2ccccc2s1)N1C(=O)c2ccccc2C1=O. The molecule has 1 atom stereocenters. The van der Waals surface area contributed by atoms with E-state index in [1.807, 2.05) is 30.3 Å². The minimum atomic E-state index is -0.987. The molecular weight excluding hydrogens is 362 g/mol. The van der Waals surface area contributed by atoms with Gasteiger partial charge in [-0.2, -0.15) is 5.26 Å². The minimum Gasteiger partial charge on any atom is -0.509 e. The molecule has 0 saturated heterocycles. The van der Waals surface area contributed by atoms with Crippen molar-refractivity contribution in [3.05, 3.63) is 70.4 Å². The lowest BCUT2D eigenvalue weighted by Gasteiger charge is -2.22. The molecule has 1 aliphatic rings. The predicted molar refractivity (Wildman–Crippen MR) is 101 cm³/mol. The number of imide groups is 1. The smallest absolute Gasteiger partial charge is 0.262 e. The Morgan fingerprint density at radius 1 is 1.11 bits per heavy atom. The second-order valence-corrected chi connectivity index (χ2v) is 7.09. The van der Waals surface area contributed by atoms with Crippen LogP contribution in [0.4, 0.5) is 0 Å². The highest BCUT2D eigenvalue weighted by atomic mass is 32.1. The number of allylic oxidation sites excluding steroid dienone is 1. The van der Waals surface area contributed by atoms with Gasteiger partial charge in [-0.05, 0) is 31.2 Å². The first-order chi connectivity index (χ1) is 13.0. The number of nitrogens with zero attached hydrogens (tertiary/aromatic N) is 3. The van der Waals surface area contributed by atoms with Crippen molar-refractivity contribution in [1.29, 1.82) is 5.26 Å². The third-order valence-corrected chi connectivity index (χ3v) is 5.54. The second-order valence-electron chi connectivity index (χ2n) is 6.06. The number of aliphatic hydroxyl groups is 1. The fraction of sp³-hybridized carbons (Fsp3) is 0.100. The summed E-state index contributed by atoms with van der Waals surface area (Å²) in [4.78, 5) is 30.6. The summed E-state index contributed by atoms with van der Waals surface area (Å²) in [6.07, 6.45) is 0. The van der Waals surface area contributed by atoms with Gasteiger partial charge in [-0.25, -0.2) is 4.98 Å². The van der Waals surface area contributed by atoms with Gasteiger partial charge in [-0.1, -0.05) is 24.3 Å². The van der Waals surface area contributed by atoms with Gasteiger partial charge < -0.3 is 5.11 Å². The number of fused-ring (bicyclic) bond motifs is 2. The van der Waals surface area contributed by atoms with Crippen LogP contribution in [0.25, 0.3) is 15.8 Å². The summed E-state index contributed by atoms with van der Waals surface area (Å²) in [6.45, 7) is 1.52. The van der Waals surface area contributed by atoms with Crippen LogP contribution in [0.5, 0.6) is 0 Å². The Balaban J connectivity index is 1.76. The second kappa shape index (κ2) is 6.34. The molecule has 0 radical (unpaired) electrons. The fourth-order valence-corrected chi connectivity index (χ4v) is 4.05. The summed E-state index contributed by atoms with van der Waals surface area (Å²) in [5, 5.41) is 20.6. The van der Waals surface area contributed by atoms with E-state index in [1.54, 1.807) is 24.3 Å². The summed E-state index contributed by atoms with van der Waals surface area (Å²) in [5.74, 6) is -1.33. The standard InChI is InChI=1S/C20H13N3O3S/c1-11(23-19(25)12-6-2-3-7-13(12)20(23)26)17(24)14(10-21)18-22-15-8-4-5-9-16(15)27-18/h2-9,11,24H,1H3/b17-14-. The van der Waals surface area contributed by atoms with Crippen LogP contribution in [-0.2, 0) is 0 Å². The summed E-state index contributed by atoms with van der Waals surface area (Å²) in [5.41, 5.74) is 1.26. The minimum absolute atomic E-state index is 0.0414. The summed E-state index contributed by atoms with van der Waals surface area (Å²) in [6, 6.07) is 14.9. The van der Waals surface area contributed by atoms with Crippen molar-refractivity contribution >= 4 is 38.9 Å². The lowest BCUT2D eigenvalue weighted by molar-refractivity contribution is 0.0590. The van der Waals surface area contributed by atoms with Crippen molar-refractivity contribution in [2.45, 2.75) is 13.0 Å². The van der Waals surface area contributed by atoms with Crippen LogP contribution in [0.3, 0.4) is 0 Å². The molecule has 132 valence electrons. The number of hydrogen-bond acceptors (Lipinski definition) is 6. The van der Waals surface area contributed by atoms with E-state index >= 15 is 0 Å². The Morgan fingerprint density at radius 3 is 2.30 bits per heavy atom. The van der Waals surface area contributed by atoms with E-state index in [2.05, 4.69) is 4.98 Å². The number of nitriles is 1. The number of para-hydroxylation sites is 1. The number of benzene rings is 2. The number of carbonyl (C=O) groups is 2. The van der Waals surface area contributed by atoms with Crippen LogP contribution in [0.15, 0.2) is 54.3 Å². The number of hydrogen-bond donors (Lipinski definition) is 1. The van der Waals surface area contributed by atoms with E-state index < -0.39 is 17.9 Å². The zero-order chi connectivity index (χ0) is 19.1. The van der Waals surface area contributed by atoms with Gasteiger partial charge in [-0.15, -0.1) is 11.3 Å². The van der Waals surface area contributed by atoms with Gasteiger partial charge in [0.2, 0.25) is 0 Å². The first kappa shape index (κ1) is 16.9. The van der Waals surface area contributed by atoms with Gasteiger partial charge in [0.05, 0.1) is 27.4 Å². The average Bonchev–Trinajstić information content (AvgIpc) is 3.21. The molecule has 0 saturated carbocycles. The first-order valence-electron chi connectivity index (χ1n) is 8.19. The highest BCUT2D eigenvalue weighted by molar-refractivity contribution is 7.19. The van der Waals surface area contributed by atoms with E-state index in [-0.39, 0.29) is 11.3 Å². The zero-order valence-corrected chi connectivity index (χ0v) is 15.0. The van der Waals surface area contributed by atoms with Gasteiger partial charge in [0.15, 0.2) is 0 Å². The van der Waals surface area contributed by atoms with Crippen LogP contribution in [0.1, 0.15) is 32.6 Å². The monoisotopic (exact) mass is 375 g/mol. The Labute approximate surface area is 158 Å². The third-order valence-electron chi connectivity index (χ3n) is 4.48. The molecule has 2 heterocycles. The highest BCUT2D eigenvalue weighted by Crippen LogP contribution is 2.32. The molecule has 27 heavy (non-hydrogen) atoms. The third kappa shape index (κ3) is 2.58. The van der Waals surface area contributed by atoms with Gasteiger partial charge in [0, 0.05) is 0 Å². The summed E-state index contributed by atoms with van der Waals surface area (Å²) >= 11 is 1.27. The largest absolute Gasteiger partial charge is 0.509 e. The topological polar surface area (TPSA) is 94.3 Å². The molecule has 0 spiro atoms. The van der Waals surface area contributed by atoms with Crippen LogP contribution in [-0.4, -0.2) is 32.8 Å². The van der Waals surface area contributed by atoms with E-state index in [4.69, 9.17) is 0 Å². The molecule has 1 N–H and O–H groups in total. The molecule has 0 aliphatic carbocycles. The van der Waals surface area contributed by atoms with Crippen LogP contribution < -0.4 is 0 Å². The van der Waals surface area contributed by atoms with Crippen molar-refractivity contribution < 1.29 is 14.7 Å². The molecule has 3 aromatic rings. The molecule has 1 aromatic heterocycles. The number of rotatable bonds is 3. The van der Waals surface area contributed by atoms with Crippen molar-refractivity contribution in [3.8, 4) is 6.07 Å². The zero-order valence-electron chi connectivity index (χ0n) is 14.2. The van der Waals surface area contributed by atoms with Crippen LogP contribution >= 0.6 is 11.3 Å². The van der Waals surface area contributed by atoms with E-state index in [9.17, 15) is 20.0 Å². The van der Waals surface area contributed by atoms with Gasteiger partial charge >= 0.3 is 0 Å². The molecular formula is C20H13N3O3S. The van der Waals surface area contributed by atoms with Gasteiger partial charge in [0.1, 0.15) is 22.4 Å². The van der Waals surface area contributed by atoms with Crippen molar-refractivity contribution in [3.63, 3.8) is 0 Å². The van der Waals surface area contributed by atoms with Crippen molar-refractivity contribution in [2.24, 2.45) is 0 Å². The quantitative estimate of drug-likeness (QED) is 0.427. The molecule has 2 amide bonds. The highest BCUT2D eigenvalue weighted by Gasteiger charge is 2.40. The van der Waals surface area contributed by atoms with Crippen LogP contribution in [0.2, 0.25) is 0 Å². The van der Waals surface area contributed by atoms with Gasteiger partial charge in [0.25, 0.3) is 11.8 Å². The van der Waals surface area contributed by atoms with Crippen molar-refractivity contribution in [2.75, 3.05) is 0 Å². The summed E-state index contributed by atoms with van der Waals surface area (Å²) < 4.78 is 0.876. The normalized spacial score (nSPS) is 15.5. The molecule has 0 fully saturated rings. The Kier molecular flexibility index (Phi) is 3.98. The van der Waals surface area contributed by atoms with E-state index in [0.29, 0.717) is 21.7 Å². The predicted octanol–water partition coefficient (Wildman–Crippen LogP) is 3.77. The molecule has 4 rings (SSSR count). The number of carbonyl (C=O) groups excluding carboxylic acids is 2. The van der Waals surface area contributed by atoms with E-state index in [1.165, 1.54) is 18.3 Å². The number of amides is 2. The molecule has 0 bridgehead atoms. The lowest BCUT2D eigenvalue weighted by atomic mass is 10.1. The van der Waals surface area contributed by atoms with Gasteiger partial charge in [-0.3, -0.25) is 14.5 Å². The maximum Gasteiger partial charge on any atom is 0.262 e. The molecule has 1 unspecified atom stereocenters. The Morgan fingerprint density at radius 2 is 1.70 bits per heavy atom. The number of thiazole rings is 1. The number of aromatic nitrogens is 1. The summed E-state index contributed by atoms with van der Waals surface area (Å²) in [7, 11) is 0. The molecule has 2 aromatic carbocycles. The number of aliphatic hydroxyl groups excluding tert-OH is 1. The van der Waals surface area contributed by atoms with Crippen molar-refractivity contribution in [1.82, 2.24) is 9.88 Å². The Bertz CT molecular complexity index is 1100. The first-order valence-corrected chi connectivity index (χ1v) is 9.00. The Hall–Kier alpha value is -3.50. The van der Waals surface area contributed by atoms with Crippen LogP contribution in [0, 0.1) is 11.3 Å². The average molecular weight is 375 g/mol. The fourth-order valence-electron chi connectivity index (χ4n) is 3.08.